The molecule has 0 atom stereocenters. The smallest absolute Gasteiger partial charge is 0.258 e. The number of pyridine rings is 1. The molecule has 1 N–H and O–H groups in total. The van der Waals surface area contributed by atoms with Crippen LogP contribution in [0.3, 0.4) is 0 Å². The van der Waals surface area contributed by atoms with Crippen molar-refractivity contribution in [3.05, 3.63) is 111 Å². The van der Waals surface area contributed by atoms with E-state index in [1.54, 1.807) is 11.0 Å². The van der Waals surface area contributed by atoms with Crippen LogP contribution in [0.4, 0.5) is 5.69 Å². The Labute approximate surface area is 169 Å². The second-order valence-electron chi connectivity index (χ2n) is 7.25. The molecule has 0 saturated carbocycles. The highest BCUT2D eigenvalue weighted by atomic mass is 16.2. The van der Waals surface area contributed by atoms with E-state index in [0.29, 0.717) is 12.1 Å². The molecule has 0 fully saturated rings. The van der Waals surface area contributed by atoms with E-state index in [1.165, 1.54) is 0 Å². The molecule has 0 aliphatic heterocycles. The van der Waals surface area contributed by atoms with Crippen molar-refractivity contribution in [2.45, 2.75) is 20.4 Å². The SMILES string of the molecule is Cc1ccc(C(=O)N(Cc2cc(=O)[nH]c3ccccc23)c2ccccc2C)cc1. The number of carbonyl (C=O) groups is 1. The van der Waals surface area contributed by atoms with E-state index in [9.17, 15) is 9.59 Å². The van der Waals surface area contributed by atoms with Crippen molar-refractivity contribution in [2.75, 3.05) is 4.90 Å². The summed E-state index contributed by atoms with van der Waals surface area (Å²) in [6, 6.07) is 24.6. The van der Waals surface area contributed by atoms with Crippen LogP contribution in [-0.2, 0) is 6.54 Å². The Hall–Kier alpha value is -3.66. The second kappa shape index (κ2) is 7.76. The Morgan fingerprint density at radius 2 is 1.59 bits per heavy atom. The highest BCUT2D eigenvalue weighted by molar-refractivity contribution is 6.06. The van der Waals surface area contributed by atoms with Crippen LogP contribution < -0.4 is 10.5 Å². The van der Waals surface area contributed by atoms with Gasteiger partial charge in [0.15, 0.2) is 0 Å². The molecule has 0 aliphatic carbocycles. The van der Waals surface area contributed by atoms with E-state index in [4.69, 9.17) is 0 Å². The van der Waals surface area contributed by atoms with Crippen LogP contribution in [0.1, 0.15) is 27.0 Å². The number of H-pyrrole nitrogens is 1. The van der Waals surface area contributed by atoms with Gasteiger partial charge in [0.25, 0.3) is 5.91 Å². The molecule has 29 heavy (non-hydrogen) atoms. The van der Waals surface area contributed by atoms with Crippen molar-refractivity contribution in [1.82, 2.24) is 4.98 Å². The Kier molecular flexibility index (Phi) is 5.00. The van der Waals surface area contributed by atoms with Gasteiger partial charge >= 0.3 is 0 Å². The average molecular weight is 382 g/mol. The summed E-state index contributed by atoms with van der Waals surface area (Å²) in [6.07, 6.45) is 0. The summed E-state index contributed by atoms with van der Waals surface area (Å²) in [5.41, 5.74) is 4.96. The lowest BCUT2D eigenvalue weighted by molar-refractivity contribution is 0.0985. The van der Waals surface area contributed by atoms with E-state index in [0.717, 1.165) is 33.3 Å². The largest absolute Gasteiger partial charge is 0.322 e. The molecule has 0 bridgehead atoms. The number of nitrogens with zero attached hydrogens (tertiary/aromatic N) is 1. The molecule has 0 saturated heterocycles. The van der Waals surface area contributed by atoms with Crippen LogP contribution in [0.5, 0.6) is 0 Å². The lowest BCUT2D eigenvalue weighted by atomic mass is 10.1. The van der Waals surface area contributed by atoms with Crippen molar-refractivity contribution in [2.24, 2.45) is 0 Å². The van der Waals surface area contributed by atoms with Gasteiger partial charge in [-0.25, -0.2) is 0 Å². The van der Waals surface area contributed by atoms with E-state index in [2.05, 4.69) is 4.98 Å². The van der Waals surface area contributed by atoms with Crippen LogP contribution in [0, 0.1) is 13.8 Å². The number of hydrogen-bond donors (Lipinski definition) is 1. The first-order chi connectivity index (χ1) is 14.0. The molecule has 1 heterocycles. The third kappa shape index (κ3) is 3.83. The molecule has 1 aromatic heterocycles. The predicted molar refractivity (Wildman–Crippen MR) is 117 cm³/mol. The van der Waals surface area contributed by atoms with Gasteiger partial charge in [-0.2, -0.15) is 0 Å². The first kappa shape index (κ1) is 18.7. The second-order valence-corrected chi connectivity index (χ2v) is 7.25. The summed E-state index contributed by atoms with van der Waals surface area (Å²) in [5.74, 6) is -0.0938. The van der Waals surface area contributed by atoms with Crippen LogP contribution >= 0.6 is 0 Å². The number of aromatic amines is 1. The molecule has 0 spiro atoms. The third-order valence-electron chi connectivity index (χ3n) is 5.11. The summed E-state index contributed by atoms with van der Waals surface area (Å²) >= 11 is 0. The first-order valence-electron chi connectivity index (χ1n) is 9.58. The molecule has 0 aliphatic rings. The number of carbonyl (C=O) groups excluding carboxylic acids is 1. The van der Waals surface area contributed by atoms with Crippen molar-refractivity contribution in [1.29, 1.82) is 0 Å². The van der Waals surface area contributed by atoms with E-state index < -0.39 is 0 Å². The maximum absolute atomic E-state index is 13.5. The molecular formula is C25H22N2O2. The van der Waals surface area contributed by atoms with Crippen molar-refractivity contribution < 1.29 is 4.79 Å². The minimum Gasteiger partial charge on any atom is -0.322 e. The van der Waals surface area contributed by atoms with Gasteiger partial charge in [-0.1, -0.05) is 54.1 Å². The summed E-state index contributed by atoms with van der Waals surface area (Å²) in [7, 11) is 0. The zero-order valence-electron chi connectivity index (χ0n) is 16.5. The number of para-hydroxylation sites is 2. The summed E-state index contributed by atoms with van der Waals surface area (Å²) < 4.78 is 0. The minimum absolute atomic E-state index is 0.0938. The highest BCUT2D eigenvalue weighted by Gasteiger charge is 2.21. The van der Waals surface area contributed by atoms with Crippen LogP contribution in [0.2, 0.25) is 0 Å². The van der Waals surface area contributed by atoms with Gasteiger partial charge in [-0.3, -0.25) is 9.59 Å². The van der Waals surface area contributed by atoms with E-state index in [-0.39, 0.29) is 11.5 Å². The average Bonchev–Trinajstić information content (AvgIpc) is 2.72. The molecule has 1 amide bonds. The zero-order valence-corrected chi connectivity index (χ0v) is 16.5. The van der Waals surface area contributed by atoms with Gasteiger partial charge in [0.1, 0.15) is 0 Å². The Morgan fingerprint density at radius 1 is 0.897 bits per heavy atom. The quantitative estimate of drug-likeness (QED) is 0.540. The fraction of sp³-hybridized carbons (Fsp3) is 0.120. The molecule has 4 aromatic rings. The number of aryl methyl sites for hydroxylation is 2. The number of fused-ring (bicyclic) bond motifs is 1. The summed E-state index contributed by atoms with van der Waals surface area (Å²) in [6.45, 7) is 4.29. The normalized spacial score (nSPS) is 10.8. The number of aromatic nitrogens is 1. The number of benzene rings is 3. The highest BCUT2D eigenvalue weighted by Crippen LogP contribution is 2.26. The number of hydrogen-bond acceptors (Lipinski definition) is 2. The first-order valence-corrected chi connectivity index (χ1v) is 9.58. The monoisotopic (exact) mass is 382 g/mol. The molecule has 4 heteroatoms. The number of anilines is 1. The van der Waals surface area contributed by atoms with Gasteiger partial charge in [0.05, 0.1) is 6.54 Å². The molecule has 4 rings (SSSR count). The topological polar surface area (TPSA) is 53.2 Å². The number of nitrogens with one attached hydrogen (secondary N) is 1. The maximum atomic E-state index is 13.5. The Morgan fingerprint density at radius 3 is 2.34 bits per heavy atom. The molecule has 0 unspecified atom stereocenters. The van der Waals surface area contributed by atoms with Gasteiger partial charge in [-0.05, 0) is 49.2 Å². The van der Waals surface area contributed by atoms with E-state index >= 15 is 0 Å². The van der Waals surface area contributed by atoms with Crippen LogP contribution in [0.15, 0.2) is 83.7 Å². The van der Waals surface area contributed by atoms with Crippen molar-refractivity contribution >= 4 is 22.5 Å². The van der Waals surface area contributed by atoms with Gasteiger partial charge in [0, 0.05) is 28.2 Å². The number of amides is 1. The lowest BCUT2D eigenvalue weighted by Crippen LogP contribution is -2.31. The zero-order chi connectivity index (χ0) is 20.4. The van der Waals surface area contributed by atoms with Crippen LogP contribution in [0.25, 0.3) is 10.9 Å². The van der Waals surface area contributed by atoms with Crippen molar-refractivity contribution in [3.8, 4) is 0 Å². The Balaban J connectivity index is 1.84. The summed E-state index contributed by atoms with van der Waals surface area (Å²) in [5, 5.41) is 0.933. The van der Waals surface area contributed by atoms with Gasteiger partial charge < -0.3 is 9.88 Å². The van der Waals surface area contributed by atoms with Crippen molar-refractivity contribution in [3.63, 3.8) is 0 Å². The third-order valence-corrected chi connectivity index (χ3v) is 5.11. The van der Waals surface area contributed by atoms with Crippen LogP contribution in [-0.4, -0.2) is 10.9 Å². The molecular weight excluding hydrogens is 360 g/mol. The molecule has 144 valence electrons. The lowest BCUT2D eigenvalue weighted by Gasteiger charge is -2.25. The minimum atomic E-state index is -0.175. The number of rotatable bonds is 4. The standard InChI is InChI=1S/C25H22N2O2/c1-17-11-13-19(14-12-17)25(29)27(23-10-6-3-7-18(23)2)16-20-15-24(28)26-22-9-5-4-8-21(20)22/h3-15H,16H2,1-2H3,(H,26,28). The van der Waals surface area contributed by atoms with Gasteiger partial charge in [0.2, 0.25) is 5.56 Å². The molecule has 4 nitrogen and oxygen atoms in total. The maximum Gasteiger partial charge on any atom is 0.258 e. The molecule has 3 aromatic carbocycles. The fourth-order valence-electron chi connectivity index (χ4n) is 3.56. The summed E-state index contributed by atoms with van der Waals surface area (Å²) in [4.78, 5) is 30.3. The van der Waals surface area contributed by atoms with E-state index in [1.807, 2.05) is 86.6 Å². The Bertz CT molecular complexity index is 1240. The van der Waals surface area contributed by atoms with Gasteiger partial charge in [-0.15, -0.1) is 0 Å². The predicted octanol–water partition coefficient (Wildman–Crippen LogP) is 4.99. The molecule has 0 radical (unpaired) electrons. The fourth-order valence-corrected chi connectivity index (χ4v) is 3.56.